The van der Waals surface area contributed by atoms with Gasteiger partial charge in [-0.15, -0.1) is 0 Å². The Bertz CT molecular complexity index is 305. The molecule has 15 heavy (non-hydrogen) atoms. The van der Waals surface area contributed by atoms with Gasteiger partial charge in [0.2, 0.25) is 0 Å². The molecule has 0 spiro atoms. The molecule has 1 aromatic carbocycles. The summed E-state index contributed by atoms with van der Waals surface area (Å²) in [6.45, 7) is 3.01. The minimum Gasteiger partial charge on any atom is -0.380 e. The van der Waals surface area contributed by atoms with E-state index in [1.807, 2.05) is 0 Å². The van der Waals surface area contributed by atoms with Crippen molar-refractivity contribution in [2.75, 3.05) is 20.2 Å². The highest BCUT2D eigenvalue weighted by atomic mass is 16.5. The normalized spacial score (nSPS) is 21.5. The van der Waals surface area contributed by atoms with Gasteiger partial charge in [-0.1, -0.05) is 24.3 Å². The summed E-state index contributed by atoms with van der Waals surface area (Å²) in [5.74, 6) is 0.690. The van der Waals surface area contributed by atoms with Gasteiger partial charge in [-0.2, -0.15) is 0 Å². The van der Waals surface area contributed by atoms with Crippen LogP contribution in [0.3, 0.4) is 0 Å². The van der Waals surface area contributed by atoms with Crippen LogP contribution >= 0.6 is 0 Å². The van der Waals surface area contributed by atoms with E-state index in [4.69, 9.17) is 4.74 Å². The summed E-state index contributed by atoms with van der Waals surface area (Å²) in [6.07, 6.45) is 2.60. The molecule has 1 unspecified atom stereocenters. The second kappa shape index (κ2) is 5.29. The smallest absolute Gasteiger partial charge is 0.0713 e. The molecule has 1 atom stereocenters. The zero-order chi connectivity index (χ0) is 10.5. The zero-order valence-corrected chi connectivity index (χ0v) is 9.33. The predicted octanol–water partition coefficient (Wildman–Crippen LogP) is 2.30. The predicted molar refractivity (Wildman–Crippen MR) is 62.0 cm³/mol. The molecular weight excluding hydrogens is 186 g/mol. The van der Waals surface area contributed by atoms with E-state index in [9.17, 15) is 0 Å². The Kier molecular flexibility index (Phi) is 3.75. The quantitative estimate of drug-likeness (QED) is 0.817. The van der Waals surface area contributed by atoms with E-state index in [-0.39, 0.29) is 0 Å². The Hall–Kier alpha value is -0.860. The second-order valence-electron chi connectivity index (χ2n) is 4.22. The Morgan fingerprint density at radius 2 is 2.40 bits per heavy atom. The first-order valence-corrected chi connectivity index (χ1v) is 5.68. The van der Waals surface area contributed by atoms with Crippen molar-refractivity contribution in [1.29, 1.82) is 0 Å². The summed E-state index contributed by atoms with van der Waals surface area (Å²) in [5, 5.41) is 3.45. The molecule has 1 saturated heterocycles. The van der Waals surface area contributed by atoms with Crippen LogP contribution in [0.2, 0.25) is 0 Å². The van der Waals surface area contributed by atoms with Gasteiger partial charge in [0.05, 0.1) is 6.61 Å². The van der Waals surface area contributed by atoms with Crippen molar-refractivity contribution in [3.63, 3.8) is 0 Å². The maximum absolute atomic E-state index is 5.15. The van der Waals surface area contributed by atoms with Crippen molar-refractivity contribution >= 4 is 0 Å². The number of benzene rings is 1. The fourth-order valence-corrected chi connectivity index (χ4v) is 2.24. The molecule has 1 heterocycles. The summed E-state index contributed by atoms with van der Waals surface area (Å²) in [5.41, 5.74) is 2.73. The summed E-state index contributed by atoms with van der Waals surface area (Å²) in [7, 11) is 1.74. The minimum atomic E-state index is 0.690. The first kappa shape index (κ1) is 10.7. The molecule has 0 aliphatic carbocycles. The Morgan fingerprint density at radius 1 is 1.47 bits per heavy atom. The summed E-state index contributed by atoms with van der Waals surface area (Å²) in [4.78, 5) is 0. The van der Waals surface area contributed by atoms with Crippen LogP contribution in [0.15, 0.2) is 24.3 Å². The number of rotatable bonds is 3. The Balaban J connectivity index is 2.09. The Morgan fingerprint density at radius 3 is 3.13 bits per heavy atom. The topological polar surface area (TPSA) is 21.3 Å². The molecular formula is C13H19NO. The van der Waals surface area contributed by atoms with E-state index in [0.29, 0.717) is 12.5 Å². The second-order valence-corrected chi connectivity index (χ2v) is 4.22. The van der Waals surface area contributed by atoms with Gasteiger partial charge in [-0.25, -0.2) is 0 Å². The standard InChI is InChI=1S/C13H19NO/c1-15-10-11-4-2-5-12(8-11)13-6-3-7-14-9-13/h2,4-5,8,13-14H,3,6-7,9-10H2,1H3. The maximum atomic E-state index is 5.15. The number of methoxy groups -OCH3 is 1. The molecule has 1 aromatic rings. The molecule has 1 N–H and O–H groups in total. The number of ether oxygens (including phenoxy) is 1. The van der Waals surface area contributed by atoms with Gasteiger partial charge < -0.3 is 10.1 Å². The Labute approximate surface area is 91.6 Å². The summed E-state index contributed by atoms with van der Waals surface area (Å²) >= 11 is 0. The first-order valence-electron chi connectivity index (χ1n) is 5.68. The van der Waals surface area contributed by atoms with Crippen molar-refractivity contribution in [2.45, 2.75) is 25.4 Å². The third-order valence-corrected chi connectivity index (χ3v) is 3.03. The van der Waals surface area contributed by atoms with E-state index in [1.165, 1.54) is 30.5 Å². The lowest BCUT2D eigenvalue weighted by Gasteiger charge is -2.23. The van der Waals surface area contributed by atoms with Crippen molar-refractivity contribution in [1.82, 2.24) is 5.32 Å². The van der Waals surface area contributed by atoms with Gasteiger partial charge in [0.1, 0.15) is 0 Å². The minimum absolute atomic E-state index is 0.690. The average Bonchev–Trinajstić information content (AvgIpc) is 2.31. The average molecular weight is 205 g/mol. The molecule has 0 saturated carbocycles. The van der Waals surface area contributed by atoms with Crippen LogP contribution in [-0.2, 0) is 11.3 Å². The SMILES string of the molecule is COCc1cccc(C2CCCNC2)c1. The van der Waals surface area contributed by atoms with E-state index in [0.717, 1.165) is 6.54 Å². The first-order chi connectivity index (χ1) is 7.40. The third kappa shape index (κ3) is 2.80. The fourth-order valence-electron chi connectivity index (χ4n) is 2.24. The van der Waals surface area contributed by atoms with Crippen LogP contribution in [0.5, 0.6) is 0 Å². The van der Waals surface area contributed by atoms with E-state index >= 15 is 0 Å². The molecule has 0 radical (unpaired) electrons. The molecule has 0 aromatic heterocycles. The van der Waals surface area contributed by atoms with Gasteiger partial charge >= 0.3 is 0 Å². The molecule has 1 fully saturated rings. The number of piperidine rings is 1. The number of nitrogens with one attached hydrogen (secondary N) is 1. The highest BCUT2D eigenvalue weighted by Gasteiger charge is 2.14. The largest absolute Gasteiger partial charge is 0.380 e. The van der Waals surface area contributed by atoms with E-state index in [1.54, 1.807) is 7.11 Å². The van der Waals surface area contributed by atoms with E-state index in [2.05, 4.69) is 29.6 Å². The third-order valence-electron chi connectivity index (χ3n) is 3.03. The van der Waals surface area contributed by atoms with E-state index < -0.39 is 0 Å². The van der Waals surface area contributed by atoms with Crippen LogP contribution in [-0.4, -0.2) is 20.2 Å². The molecule has 2 heteroatoms. The number of hydrogen-bond acceptors (Lipinski definition) is 2. The highest BCUT2D eigenvalue weighted by molar-refractivity contribution is 5.26. The van der Waals surface area contributed by atoms with Gasteiger partial charge in [0, 0.05) is 13.7 Å². The molecule has 1 aliphatic heterocycles. The monoisotopic (exact) mass is 205 g/mol. The van der Waals surface area contributed by atoms with Gasteiger partial charge in [0.15, 0.2) is 0 Å². The lowest BCUT2D eigenvalue weighted by atomic mass is 9.91. The van der Waals surface area contributed by atoms with Crippen LogP contribution in [0.4, 0.5) is 0 Å². The summed E-state index contributed by atoms with van der Waals surface area (Å²) in [6, 6.07) is 8.78. The van der Waals surface area contributed by atoms with Crippen molar-refractivity contribution in [3.8, 4) is 0 Å². The van der Waals surface area contributed by atoms with Crippen LogP contribution in [0, 0.1) is 0 Å². The highest BCUT2D eigenvalue weighted by Crippen LogP contribution is 2.23. The zero-order valence-electron chi connectivity index (χ0n) is 9.33. The fraction of sp³-hybridized carbons (Fsp3) is 0.538. The van der Waals surface area contributed by atoms with Crippen LogP contribution < -0.4 is 5.32 Å². The molecule has 2 rings (SSSR count). The van der Waals surface area contributed by atoms with Crippen LogP contribution in [0.1, 0.15) is 29.9 Å². The lowest BCUT2D eigenvalue weighted by molar-refractivity contribution is 0.185. The maximum Gasteiger partial charge on any atom is 0.0713 e. The van der Waals surface area contributed by atoms with Gasteiger partial charge in [-0.05, 0) is 36.4 Å². The van der Waals surface area contributed by atoms with Gasteiger partial charge in [-0.3, -0.25) is 0 Å². The molecule has 0 amide bonds. The lowest BCUT2D eigenvalue weighted by Crippen LogP contribution is -2.28. The number of hydrogen-bond donors (Lipinski definition) is 1. The van der Waals surface area contributed by atoms with Crippen molar-refractivity contribution < 1.29 is 4.74 Å². The van der Waals surface area contributed by atoms with Crippen LogP contribution in [0.25, 0.3) is 0 Å². The molecule has 0 bridgehead atoms. The van der Waals surface area contributed by atoms with Crippen molar-refractivity contribution in [2.24, 2.45) is 0 Å². The summed E-state index contributed by atoms with van der Waals surface area (Å²) < 4.78 is 5.15. The molecule has 1 aliphatic rings. The molecule has 82 valence electrons. The molecule has 2 nitrogen and oxygen atoms in total. The van der Waals surface area contributed by atoms with Gasteiger partial charge in [0.25, 0.3) is 0 Å². The van der Waals surface area contributed by atoms with Crippen molar-refractivity contribution in [3.05, 3.63) is 35.4 Å².